The van der Waals surface area contributed by atoms with E-state index in [-0.39, 0.29) is 0 Å². The minimum absolute atomic E-state index is 0.684. The largest absolute Gasteiger partial charge is 0.383 e. The fourth-order valence-corrected chi connectivity index (χ4v) is 4.01. The number of nitrogens with one attached hydrogen (secondary N) is 1. The summed E-state index contributed by atoms with van der Waals surface area (Å²) in [6.07, 6.45) is 2.56. The molecule has 0 radical (unpaired) electrons. The molecule has 2 heterocycles. The molecular formula is C22H26ClN4+. The van der Waals surface area contributed by atoms with Crippen molar-refractivity contribution in [1.82, 2.24) is 9.78 Å². The summed E-state index contributed by atoms with van der Waals surface area (Å²) in [6, 6.07) is 18.0. The second-order valence-corrected chi connectivity index (χ2v) is 8.01. The van der Waals surface area contributed by atoms with Crippen LogP contribution in [0.25, 0.3) is 16.8 Å². The number of nitrogens with two attached hydrogens (primary N) is 1. The van der Waals surface area contributed by atoms with Gasteiger partial charge in [-0.15, -0.1) is 0 Å². The lowest BCUT2D eigenvalue weighted by atomic mass is 9.98. The van der Waals surface area contributed by atoms with Crippen molar-refractivity contribution in [3.05, 3.63) is 65.3 Å². The molecule has 0 saturated carbocycles. The molecule has 27 heavy (non-hydrogen) atoms. The molecule has 1 saturated heterocycles. The van der Waals surface area contributed by atoms with Crippen LogP contribution in [0.4, 0.5) is 5.82 Å². The number of hydrogen-bond donors (Lipinski definition) is 2. The van der Waals surface area contributed by atoms with Crippen molar-refractivity contribution in [1.29, 1.82) is 0 Å². The maximum absolute atomic E-state index is 6.59. The van der Waals surface area contributed by atoms with Gasteiger partial charge in [-0.2, -0.15) is 5.10 Å². The second-order valence-electron chi connectivity index (χ2n) is 7.57. The summed E-state index contributed by atoms with van der Waals surface area (Å²) in [5, 5.41) is 5.64. The van der Waals surface area contributed by atoms with Crippen molar-refractivity contribution in [2.75, 3.05) is 18.8 Å². The normalized spacial score (nSPS) is 19.9. The topological polar surface area (TPSA) is 48.3 Å². The van der Waals surface area contributed by atoms with E-state index in [1.165, 1.54) is 25.9 Å². The lowest BCUT2D eigenvalue weighted by Crippen LogP contribution is -3.11. The fraction of sp³-hybridized carbons (Fsp3) is 0.318. The molecule has 4 rings (SSSR count). The number of hydrogen-bond acceptors (Lipinski definition) is 2. The Labute approximate surface area is 165 Å². The molecule has 5 heteroatoms. The molecule has 0 bridgehead atoms. The molecular weight excluding hydrogens is 356 g/mol. The van der Waals surface area contributed by atoms with Crippen LogP contribution in [-0.2, 0) is 6.54 Å². The molecule has 1 aliphatic rings. The van der Waals surface area contributed by atoms with Crippen LogP contribution in [0.15, 0.2) is 54.6 Å². The molecule has 0 atom stereocenters. The van der Waals surface area contributed by atoms with E-state index in [4.69, 9.17) is 22.4 Å². The zero-order chi connectivity index (χ0) is 18.8. The Bertz CT molecular complexity index is 894. The van der Waals surface area contributed by atoms with Crippen molar-refractivity contribution in [3.8, 4) is 16.8 Å². The first-order valence-electron chi connectivity index (χ1n) is 9.64. The van der Waals surface area contributed by atoms with Gasteiger partial charge in [0, 0.05) is 5.02 Å². The van der Waals surface area contributed by atoms with E-state index < -0.39 is 0 Å². The number of quaternary nitrogens is 1. The highest BCUT2D eigenvalue weighted by Gasteiger charge is 2.25. The van der Waals surface area contributed by atoms with Crippen LogP contribution in [0.1, 0.15) is 25.5 Å². The summed E-state index contributed by atoms with van der Waals surface area (Å²) >= 11 is 6.05. The standard InChI is InChI=1S/C22H25ClN4/c1-16-11-13-26(14-12-16)15-20-21(17-5-3-2-4-6-17)22(24)27(25-20)19-9-7-18(23)8-10-19/h2-10,16H,11-15,24H2,1H3/p+1. The van der Waals surface area contributed by atoms with Gasteiger partial charge in [-0.25, -0.2) is 4.68 Å². The first-order valence-corrected chi connectivity index (χ1v) is 10.0. The van der Waals surface area contributed by atoms with Gasteiger partial charge in [-0.1, -0.05) is 48.9 Å². The van der Waals surface area contributed by atoms with Crippen LogP contribution < -0.4 is 10.6 Å². The number of likely N-dealkylation sites (tertiary alicyclic amines) is 1. The van der Waals surface area contributed by atoms with Crippen LogP contribution in [0, 0.1) is 5.92 Å². The van der Waals surface area contributed by atoms with Gasteiger partial charge in [0.25, 0.3) is 0 Å². The van der Waals surface area contributed by atoms with Gasteiger partial charge in [0.1, 0.15) is 18.1 Å². The van der Waals surface area contributed by atoms with E-state index >= 15 is 0 Å². The van der Waals surface area contributed by atoms with Crippen LogP contribution >= 0.6 is 11.6 Å². The maximum atomic E-state index is 6.59. The Morgan fingerprint density at radius 3 is 2.41 bits per heavy atom. The highest BCUT2D eigenvalue weighted by Crippen LogP contribution is 2.31. The monoisotopic (exact) mass is 381 g/mol. The quantitative estimate of drug-likeness (QED) is 0.725. The molecule has 3 aromatic rings. The third kappa shape index (κ3) is 3.87. The lowest BCUT2D eigenvalue weighted by molar-refractivity contribution is -0.920. The van der Waals surface area contributed by atoms with Crippen LogP contribution in [-0.4, -0.2) is 22.9 Å². The molecule has 2 aromatic carbocycles. The summed E-state index contributed by atoms with van der Waals surface area (Å²) in [4.78, 5) is 1.59. The van der Waals surface area contributed by atoms with Crippen LogP contribution in [0.3, 0.4) is 0 Å². The van der Waals surface area contributed by atoms with Gasteiger partial charge in [-0.05, 0) is 48.6 Å². The van der Waals surface area contributed by atoms with Crippen molar-refractivity contribution in [3.63, 3.8) is 0 Å². The lowest BCUT2D eigenvalue weighted by Gasteiger charge is -2.26. The van der Waals surface area contributed by atoms with Gasteiger partial charge in [-0.3, -0.25) is 0 Å². The van der Waals surface area contributed by atoms with Crippen molar-refractivity contribution in [2.24, 2.45) is 5.92 Å². The molecule has 0 aliphatic carbocycles. The zero-order valence-corrected chi connectivity index (χ0v) is 16.4. The Balaban J connectivity index is 1.74. The Morgan fingerprint density at radius 1 is 1.07 bits per heavy atom. The maximum Gasteiger partial charge on any atom is 0.135 e. The minimum Gasteiger partial charge on any atom is -0.383 e. The fourth-order valence-electron chi connectivity index (χ4n) is 3.88. The van der Waals surface area contributed by atoms with Gasteiger partial charge in [0.05, 0.1) is 24.3 Å². The molecule has 0 unspecified atom stereocenters. The van der Waals surface area contributed by atoms with Gasteiger partial charge in [0.15, 0.2) is 0 Å². The van der Waals surface area contributed by atoms with Crippen molar-refractivity contribution >= 4 is 17.4 Å². The molecule has 1 fully saturated rings. The Kier molecular flexibility index (Phi) is 5.19. The van der Waals surface area contributed by atoms with E-state index in [0.717, 1.165) is 35.0 Å². The highest BCUT2D eigenvalue weighted by atomic mass is 35.5. The summed E-state index contributed by atoms with van der Waals surface area (Å²) in [6.45, 7) is 5.65. The van der Waals surface area contributed by atoms with Crippen LogP contribution in [0.2, 0.25) is 5.02 Å². The predicted octanol–water partition coefficient (Wildman–Crippen LogP) is 3.59. The number of piperidine rings is 1. The Hall–Kier alpha value is -2.30. The second kappa shape index (κ2) is 7.75. The number of nitrogens with zero attached hydrogens (tertiary/aromatic N) is 2. The van der Waals surface area contributed by atoms with E-state index in [1.54, 1.807) is 4.90 Å². The smallest absolute Gasteiger partial charge is 0.135 e. The van der Waals surface area contributed by atoms with E-state index in [0.29, 0.717) is 10.8 Å². The van der Waals surface area contributed by atoms with Gasteiger partial charge >= 0.3 is 0 Å². The van der Waals surface area contributed by atoms with Crippen molar-refractivity contribution in [2.45, 2.75) is 26.3 Å². The SMILES string of the molecule is CC1CC[NH+](Cc2nn(-c3ccc(Cl)cc3)c(N)c2-c2ccccc2)CC1. The molecule has 1 aliphatic heterocycles. The van der Waals surface area contributed by atoms with Gasteiger partial charge in [0.2, 0.25) is 0 Å². The van der Waals surface area contributed by atoms with Gasteiger partial charge < -0.3 is 10.6 Å². The first kappa shape index (κ1) is 18.1. The molecule has 0 amide bonds. The number of nitrogen functional groups attached to an aromatic ring is 1. The Morgan fingerprint density at radius 2 is 1.74 bits per heavy atom. The number of rotatable bonds is 4. The molecule has 140 valence electrons. The molecule has 4 nitrogen and oxygen atoms in total. The van der Waals surface area contributed by atoms with E-state index in [9.17, 15) is 0 Å². The number of halogens is 1. The summed E-state index contributed by atoms with van der Waals surface area (Å²) in [7, 11) is 0. The van der Waals surface area contributed by atoms with E-state index in [1.807, 2.05) is 47.1 Å². The molecule has 3 N–H and O–H groups in total. The number of benzene rings is 2. The van der Waals surface area contributed by atoms with E-state index in [2.05, 4.69) is 19.1 Å². The zero-order valence-electron chi connectivity index (χ0n) is 15.7. The average molecular weight is 382 g/mol. The predicted molar refractivity (Wildman–Crippen MR) is 111 cm³/mol. The van der Waals surface area contributed by atoms with Crippen LogP contribution in [0.5, 0.6) is 0 Å². The summed E-state index contributed by atoms with van der Waals surface area (Å²) in [5.41, 5.74) is 10.8. The number of aromatic nitrogens is 2. The highest BCUT2D eigenvalue weighted by molar-refractivity contribution is 6.30. The summed E-state index contributed by atoms with van der Waals surface area (Å²) < 4.78 is 1.85. The molecule has 1 aromatic heterocycles. The van der Waals surface area contributed by atoms with Crippen molar-refractivity contribution < 1.29 is 4.90 Å². The third-order valence-corrected chi connectivity index (χ3v) is 5.78. The first-order chi connectivity index (χ1) is 13.1. The minimum atomic E-state index is 0.684. The molecule has 0 spiro atoms. The third-order valence-electron chi connectivity index (χ3n) is 5.53. The summed E-state index contributed by atoms with van der Waals surface area (Å²) in [5.74, 6) is 1.52. The number of anilines is 1. The average Bonchev–Trinajstić information content (AvgIpc) is 3.01.